The monoisotopic (exact) mass is 282 g/mol. The van der Waals surface area contributed by atoms with E-state index in [1.165, 1.54) is 0 Å². The van der Waals surface area contributed by atoms with Gasteiger partial charge in [-0.15, -0.1) is 0 Å². The van der Waals surface area contributed by atoms with Crippen LogP contribution in [0.25, 0.3) is 0 Å². The molecule has 1 aromatic heterocycles. The van der Waals surface area contributed by atoms with Crippen molar-refractivity contribution in [2.75, 3.05) is 26.2 Å². The van der Waals surface area contributed by atoms with Crippen molar-refractivity contribution >= 4 is 5.97 Å². The second-order valence-electron chi connectivity index (χ2n) is 5.19. The van der Waals surface area contributed by atoms with Crippen LogP contribution in [0.5, 0.6) is 0 Å². The number of aliphatic carboxylic acids is 1. The van der Waals surface area contributed by atoms with E-state index in [9.17, 15) is 9.90 Å². The molecule has 1 fully saturated rings. The Labute approximate surface area is 118 Å². The van der Waals surface area contributed by atoms with Crippen molar-refractivity contribution in [1.29, 1.82) is 0 Å². The molecular weight excluding hydrogens is 260 g/mol. The summed E-state index contributed by atoms with van der Waals surface area (Å²) in [5.41, 5.74) is 0. The maximum absolute atomic E-state index is 11.2. The molecule has 2 rings (SSSR count). The number of aryl methyl sites for hydroxylation is 1. The molecule has 0 bridgehead atoms. The number of carboxylic acids is 1. The van der Waals surface area contributed by atoms with Gasteiger partial charge in [0.15, 0.2) is 5.82 Å². The van der Waals surface area contributed by atoms with Gasteiger partial charge in [-0.2, -0.15) is 4.98 Å². The molecule has 2 unspecified atom stereocenters. The molecular formula is C13H22N4O3. The number of nitrogens with zero attached hydrogens (tertiary/aromatic N) is 4. The van der Waals surface area contributed by atoms with E-state index in [2.05, 4.69) is 15.0 Å². The van der Waals surface area contributed by atoms with Crippen LogP contribution in [0.3, 0.4) is 0 Å². The smallest absolute Gasteiger partial charge is 0.320 e. The van der Waals surface area contributed by atoms with Crippen LogP contribution in [0.2, 0.25) is 0 Å². The Morgan fingerprint density at radius 3 is 2.40 bits per heavy atom. The number of hydrogen-bond donors (Lipinski definition) is 1. The van der Waals surface area contributed by atoms with Crippen LogP contribution in [0.4, 0.5) is 0 Å². The number of rotatable bonds is 5. The minimum Gasteiger partial charge on any atom is -0.480 e. The van der Waals surface area contributed by atoms with E-state index >= 15 is 0 Å². The Hall–Kier alpha value is -1.47. The molecule has 0 aromatic carbocycles. The third kappa shape index (κ3) is 3.16. The Balaban J connectivity index is 1.92. The van der Waals surface area contributed by atoms with Gasteiger partial charge in [-0.3, -0.25) is 14.6 Å². The van der Waals surface area contributed by atoms with E-state index < -0.39 is 5.97 Å². The van der Waals surface area contributed by atoms with E-state index in [-0.39, 0.29) is 12.1 Å². The van der Waals surface area contributed by atoms with Crippen LogP contribution in [0, 0.1) is 6.92 Å². The third-order valence-corrected chi connectivity index (χ3v) is 3.91. The summed E-state index contributed by atoms with van der Waals surface area (Å²) in [6, 6.07) is -0.304. The second kappa shape index (κ2) is 6.32. The SMILES string of the molecule is CCC(C(=O)O)N1CCN(C(C)c2nc(C)no2)CC1. The average molecular weight is 282 g/mol. The molecule has 1 aromatic rings. The number of carbonyl (C=O) groups is 1. The number of carboxylic acid groups (broad SMARTS) is 1. The van der Waals surface area contributed by atoms with E-state index in [0.717, 1.165) is 26.2 Å². The molecule has 1 N–H and O–H groups in total. The molecule has 1 aliphatic rings. The zero-order chi connectivity index (χ0) is 14.7. The Morgan fingerprint density at radius 1 is 1.35 bits per heavy atom. The number of hydrogen-bond acceptors (Lipinski definition) is 6. The maximum Gasteiger partial charge on any atom is 0.320 e. The van der Waals surface area contributed by atoms with E-state index in [0.29, 0.717) is 18.1 Å². The van der Waals surface area contributed by atoms with Crippen LogP contribution >= 0.6 is 0 Å². The molecule has 1 saturated heterocycles. The molecule has 2 heterocycles. The fraction of sp³-hybridized carbons (Fsp3) is 0.769. The van der Waals surface area contributed by atoms with Crippen molar-refractivity contribution in [2.24, 2.45) is 0 Å². The zero-order valence-corrected chi connectivity index (χ0v) is 12.2. The summed E-state index contributed by atoms with van der Waals surface area (Å²) < 4.78 is 5.20. The number of piperazine rings is 1. The molecule has 2 atom stereocenters. The quantitative estimate of drug-likeness (QED) is 0.859. The topological polar surface area (TPSA) is 82.7 Å². The van der Waals surface area contributed by atoms with Crippen LogP contribution in [-0.2, 0) is 4.79 Å². The standard InChI is InChI=1S/C13H22N4O3/c1-4-11(13(18)19)17-7-5-16(6-8-17)9(2)12-14-10(3)15-20-12/h9,11H,4-8H2,1-3H3,(H,18,19). The predicted octanol–water partition coefficient (Wildman–Crippen LogP) is 0.920. The van der Waals surface area contributed by atoms with Crippen molar-refractivity contribution in [2.45, 2.75) is 39.3 Å². The highest BCUT2D eigenvalue weighted by atomic mass is 16.5. The summed E-state index contributed by atoms with van der Waals surface area (Å²) in [7, 11) is 0. The Bertz CT molecular complexity index is 454. The highest BCUT2D eigenvalue weighted by Gasteiger charge is 2.30. The second-order valence-corrected chi connectivity index (χ2v) is 5.19. The van der Waals surface area contributed by atoms with Gasteiger partial charge in [0.1, 0.15) is 6.04 Å². The Morgan fingerprint density at radius 2 is 1.95 bits per heavy atom. The van der Waals surface area contributed by atoms with Crippen molar-refractivity contribution in [1.82, 2.24) is 19.9 Å². The summed E-state index contributed by atoms with van der Waals surface area (Å²) in [5.74, 6) is 0.533. The first-order valence-corrected chi connectivity index (χ1v) is 7.04. The van der Waals surface area contributed by atoms with E-state index in [1.54, 1.807) is 6.92 Å². The minimum absolute atomic E-state index is 0.0725. The predicted molar refractivity (Wildman–Crippen MR) is 72.3 cm³/mol. The largest absolute Gasteiger partial charge is 0.480 e. The van der Waals surface area contributed by atoms with Gasteiger partial charge in [0, 0.05) is 26.2 Å². The van der Waals surface area contributed by atoms with Crippen molar-refractivity contribution in [3.8, 4) is 0 Å². The van der Waals surface area contributed by atoms with Gasteiger partial charge >= 0.3 is 5.97 Å². The lowest BCUT2D eigenvalue weighted by Gasteiger charge is -2.39. The summed E-state index contributed by atoms with van der Waals surface area (Å²) in [6.07, 6.45) is 0.633. The lowest BCUT2D eigenvalue weighted by Crippen LogP contribution is -2.52. The van der Waals surface area contributed by atoms with Crippen LogP contribution < -0.4 is 0 Å². The first kappa shape index (κ1) is 14.9. The average Bonchev–Trinajstić information content (AvgIpc) is 2.86. The molecule has 0 aliphatic carbocycles. The minimum atomic E-state index is -0.735. The summed E-state index contributed by atoms with van der Waals surface area (Å²) in [6.45, 7) is 8.88. The van der Waals surface area contributed by atoms with Gasteiger partial charge in [-0.1, -0.05) is 12.1 Å². The van der Waals surface area contributed by atoms with Gasteiger partial charge in [0.05, 0.1) is 6.04 Å². The van der Waals surface area contributed by atoms with Crippen LogP contribution in [0.15, 0.2) is 4.52 Å². The maximum atomic E-state index is 11.2. The molecule has 0 spiro atoms. The summed E-state index contributed by atoms with van der Waals surface area (Å²) in [4.78, 5) is 19.7. The van der Waals surface area contributed by atoms with Crippen LogP contribution in [0.1, 0.15) is 38.0 Å². The van der Waals surface area contributed by atoms with Gasteiger partial charge in [-0.05, 0) is 20.3 Å². The number of aromatic nitrogens is 2. The highest BCUT2D eigenvalue weighted by Crippen LogP contribution is 2.21. The molecule has 7 nitrogen and oxygen atoms in total. The van der Waals surface area contributed by atoms with E-state index in [1.807, 2.05) is 18.7 Å². The normalized spacial score (nSPS) is 20.8. The Kier molecular flexibility index (Phi) is 4.72. The molecule has 20 heavy (non-hydrogen) atoms. The van der Waals surface area contributed by atoms with Gasteiger partial charge in [0.2, 0.25) is 5.89 Å². The molecule has 0 radical (unpaired) electrons. The molecule has 1 aliphatic heterocycles. The third-order valence-electron chi connectivity index (χ3n) is 3.91. The first-order valence-electron chi connectivity index (χ1n) is 7.04. The highest BCUT2D eigenvalue weighted by molar-refractivity contribution is 5.73. The van der Waals surface area contributed by atoms with Crippen molar-refractivity contribution < 1.29 is 14.4 Å². The summed E-state index contributed by atoms with van der Waals surface area (Å²) >= 11 is 0. The summed E-state index contributed by atoms with van der Waals surface area (Å²) in [5, 5.41) is 13.0. The van der Waals surface area contributed by atoms with Crippen molar-refractivity contribution in [3.63, 3.8) is 0 Å². The van der Waals surface area contributed by atoms with Gasteiger partial charge in [0.25, 0.3) is 0 Å². The van der Waals surface area contributed by atoms with Crippen molar-refractivity contribution in [3.05, 3.63) is 11.7 Å². The van der Waals surface area contributed by atoms with Gasteiger partial charge < -0.3 is 9.63 Å². The fourth-order valence-electron chi connectivity index (χ4n) is 2.66. The molecule has 7 heteroatoms. The lowest BCUT2D eigenvalue weighted by atomic mass is 10.1. The fourth-order valence-corrected chi connectivity index (χ4v) is 2.66. The zero-order valence-electron chi connectivity index (χ0n) is 12.2. The van der Waals surface area contributed by atoms with Crippen LogP contribution in [-0.4, -0.2) is 63.2 Å². The lowest BCUT2D eigenvalue weighted by molar-refractivity contribution is -0.144. The molecule has 0 saturated carbocycles. The molecule has 0 amide bonds. The van der Waals surface area contributed by atoms with E-state index in [4.69, 9.17) is 4.52 Å². The molecule has 112 valence electrons. The first-order chi connectivity index (χ1) is 9.52. The van der Waals surface area contributed by atoms with Gasteiger partial charge in [-0.25, -0.2) is 0 Å².